The first-order valence-corrected chi connectivity index (χ1v) is 11.0. The van der Waals surface area contributed by atoms with Gasteiger partial charge in [0.15, 0.2) is 6.29 Å². The van der Waals surface area contributed by atoms with Crippen molar-refractivity contribution >= 4 is 28.6 Å². The fraction of sp³-hybridized carbons (Fsp3) is 0.261. The van der Waals surface area contributed by atoms with E-state index >= 15 is 0 Å². The maximum atomic E-state index is 13.6. The van der Waals surface area contributed by atoms with E-state index in [0.29, 0.717) is 46.1 Å². The van der Waals surface area contributed by atoms with Gasteiger partial charge in [0.05, 0.1) is 43.4 Å². The first-order valence-electron chi connectivity index (χ1n) is 10.6. The molecule has 34 heavy (non-hydrogen) atoms. The number of aryl methyl sites for hydroxylation is 1. The highest BCUT2D eigenvalue weighted by molar-refractivity contribution is 6.33. The number of pyridine rings is 1. The van der Waals surface area contributed by atoms with Crippen LogP contribution in [0, 0.1) is 6.92 Å². The molecule has 1 aromatic carbocycles. The standard InChI is InChI=1S/C23H22ClN7O3/c1-12-6-27-8-19(29-12)13-2-3-16(18(24)5-13)17-4-14-7-28-23(26)30-21(14)31(22(17)32)9-20-33-10-15(25)11-34-20/h2-8,15,20H,9-11,25H2,1H3,(H2,26,28,30)/t15-,20+. The average molecular weight is 480 g/mol. The molecule has 3 aromatic heterocycles. The van der Waals surface area contributed by atoms with E-state index in [2.05, 4.69) is 19.9 Å². The monoisotopic (exact) mass is 479 g/mol. The molecule has 4 aromatic rings. The van der Waals surface area contributed by atoms with Crippen LogP contribution in [0.2, 0.25) is 5.02 Å². The molecule has 1 saturated heterocycles. The van der Waals surface area contributed by atoms with Crippen molar-refractivity contribution in [1.82, 2.24) is 24.5 Å². The zero-order valence-electron chi connectivity index (χ0n) is 18.3. The second-order valence-electron chi connectivity index (χ2n) is 8.08. The molecule has 1 aliphatic rings. The summed E-state index contributed by atoms with van der Waals surface area (Å²) in [6, 6.07) is 6.92. The van der Waals surface area contributed by atoms with E-state index in [1.54, 1.807) is 36.8 Å². The molecule has 4 N–H and O–H groups in total. The predicted octanol–water partition coefficient (Wildman–Crippen LogP) is 2.16. The molecule has 0 unspecified atom stereocenters. The van der Waals surface area contributed by atoms with Crippen LogP contribution in [0.15, 0.2) is 47.7 Å². The highest BCUT2D eigenvalue weighted by atomic mass is 35.5. The molecule has 0 spiro atoms. The number of rotatable bonds is 4. The number of aromatic nitrogens is 5. The molecule has 0 aliphatic carbocycles. The van der Waals surface area contributed by atoms with E-state index in [1.165, 1.54) is 4.57 Å². The Morgan fingerprint density at radius 1 is 1.12 bits per heavy atom. The van der Waals surface area contributed by atoms with Crippen molar-refractivity contribution in [3.05, 3.63) is 63.9 Å². The summed E-state index contributed by atoms with van der Waals surface area (Å²) < 4.78 is 12.8. The molecule has 174 valence electrons. The molecule has 0 atom stereocenters. The Morgan fingerprint density at radius 2 is 1.91 bits per heavy atom. The van der Waals surface area contributed by atoms with Crippen molar-refractivity contribution < 1.29 is 9.47 Å². The summed E-state index contributed by atoms with van der Waals surface area (Å²) in [6.07, 6.45) is 4.27. The second-order valence-corrected chi connectivity index (χ2v) is 8.48. The molecular formula is C23H22ClN7O3. The van der Waals surface area contributed by atoms with E-state index in [4.69, 9.17) is 32.5 Å². The first-order chi connectivity index (χ1) is 16.4. The number of fused-ring (bicyclic) bond motifs is 1. The normalized spacial score (nSPS) is 18.3. The third-order valence-electron chi connectivity index (χ3n) is 5.48. The number of nitrogens with two attached hydrogens (primary N) is 2. The van der Waals surface area contributed by atoms with Crippen LogP contribution in [-0.2, 0) is 16.0 Å². The minimum absolute atomic E-state index is 0.0579. The number of anilines is 1. The van der Waals surface area contributed by atoms with Crippen molar-refractivity contribution in [1.29, 1.82) is 0 Å². The molecule has 5 rings (SSSR count). The molecule has 1 fully saturated rings. The highest BCUT2D eigenvalue weighted by Gasteiger charge is 2.23. The lowest BCUT2D eigenvalue weighted by Crippen LogP contribution is -2.43. The largest absolute Gasteiger partial charge is 0.368 e. The van der Waals surface area contributed by atoms with E-state index in [9.17, 15) is 4.79 Å². The Balaban J connectivity index is 1.60. The molecule has 0 bridgehead atoms. The van der Waals surface area contributed by atoms with Crippen molar-refractivity contribution in [3.63, 3.8) is 0 Å². The van der Waals surface area contributed by atoms with Crippen LogP contribution in [0.1, 0.15) is 5.69 Å². The van der Waals surface area contributed by atoms with Crippen LogP contribution in [0.3, 0.4) is 0 Å². The number of benzene rings is 1. The number of hydrogen-bond acceptors (Lipinski definition) is 9. The number of nitrogen functional groups attached to an aromatic ring is 1. The Kier molecular flexibility index (Phi) is 5.96. The molecule has 1 aliphatic heterocycles. The zero-order chi connectivity index (χ0) is 23.8. The molecule has 0 saturated carbocycles. The predicted molar refractivity (Wildman–Crippen MR) is 128 cm³/mol. The van der Waals surface area contributed by atoms with Gasteiger partial charge in [-0.05, 0) is 19.1 Å². The van der Waals surface area contributed by atoms with Crippen LogP contribution in [0.4, 0.5) is 5.95 Å². The summed E-state index contributed by atoms with van der Waals surface area (Å²) >= 11 is 6.65. The zero-order valence-corrected chi connectivity index (χ0v) is 19.1. The quantitative estimate of drug-likeness (QED) is 0.449. The molecule has 11 heteroatoms. The van der Waals surface area contributed by atoms with Gasteiger partial charge in [-0.3, -0.25) is 14.3 Å². The number of halogens is 1. The molecule has 4 heterocycles. The van der Waals surface area contributed by atoms with Gasteiger partial charge in [-0.25, -0.2) is 9.97 Å². The number of nitrogens with zero attached hydrogens (tertiary/aromatic N) is 5. The fourth-order valence-electron chi connectivity index (χ4n) is 3.84. The summed E-state index contributed by atoms with van der Waals surface area (Å²) in [4.78, 5) is 30.7. The Labute approximate surface area is 199 Å². The third kappa shape index (κ3) is 4.36. The summed E-state index contributed by atoms with van der Waals surface area (Å²) in [6.45, 7) is 2.65. The maximum absolute atomic E-state index is 13.6. The smallest absolute Gasteiger partial charge is 0.260 e. The van der Waals surface area contributed by atoms with Gasteiger partial charge in [0.25, 0.3) is 5.56 Å². The summed E-state index contributed by atoms with van der Waals surface area (Å²) in [5, 5.41) is 1.03. The Bertz CT molecular complexity index is 1430. The van der Waals surface area contributed by atoms with Gasteiger partial charge in [0.2, 0.25) is 5.95 Å². The topological polar surface area (TPSA) is 144 Å². The van der Waals surface area contributed by atoms with Gasteiger partial charge in [-0.15, -0.1) is 0 Å². The minimum Gasteiger partial charge on any atom is -0.368 e. The average Bonchev–Trinajstić information content (AvgIpc) is 2.82. The van der Waals surface area contributed by atoms with Crippen LogP contribution in [0.25, 0.3) is 33.4 Å². The first kappa shape index (κ1) is 22.4. The lowest BCUT2D eigenvalue weighted by molar-refractivity contribution is -0.191. The third-order valence-corrected chi connectivity index (χ3v) is 5.79. The van der Waals surface area contributed by atoms with Crippen molar-refractivity contribution in [2.24, 2.45) is 5.73 Å². The second kappa shape index (κ2) is 9.07. The van der Waals surface area contributed by atoms with Gasteiger partial charge in [-0.1, -0.05) is 23.7 Å². The fourth-order valence-corrected chi connectivity index (χ4v) is 4.12. The minimum atomic E-state index is -0.648. The lowest BCUT2D eigenvalue weighted by atomic mass is 10.0. The summed E-state index contributed by atoms with van der Waals surface area (Å²) in [5.41, 5.74) is 14.9. The summed E-state index contributed by atoms with van der Waals surface area (Å²) in [5.74, 6) is 0.0579. The van der Waals surface area contributed by atoms with Crippen molar-refractivity contribution in [2.45, 2.75) is 25.8 Å². The van der Waals surface area contributed by atoms with Gasteiger partial charge in [0.1, 0.15) is 5.65 Å². The Morgan fingerprint density at radius 3 is 2.65 bits per heavy atom. The molecule has 0 amide bonds. The van der Waals surface area contributed by atoms with Crippen LogP contribution < -0.4 is 17.0 Å². The summed E-state index contributed by atoms with van der Waals surface area (Å²) in [7, 11) is 0. The Hall–Kier alpha value is -3.44. The van der Waals surface area contributed by atoms with Gasteiger partial charge >= 0.3 is 0 Å². The van der Waals surface area contributed by atoms with Crippen LogP contribution in [0.5, 0.6) is 0 Å². The number of ether oxygens (including phenoxy) is 2. The molecular weight excluding hydrogens is 458 g/mol. The lowest BCUT2D eigenvalue weighted by Gasteiger charge is -2.28. The van der Waals surface area contributed by atoms with Crippen LogP contribution in [-0.4, -0.2) is 50.0 Å². The van der Waals surface area contributed by atoms with Crippen molar-refractivity contribution in [2.75, 3.05) is 18.9 Å². The SMILES string of the molecule is Cc1cncc(-c2ccc(-c3cc4cnc(N)nc4n(C[C@H]4OC[C@@H](N)CO4)c3=O)c(Cl)c2)n1. The van der Waals surface area contributed by atoms with Gasteiger partial charge in [-0.2, -0.15) is 4.98 Å². The van der Waals surface area contributed by atoms with E-state index in [1.807, 2.05) is 13.0 Å². The van der Waals surface area contributed by atoms with Crippen molar-refractivity contribution in [3.8, 4) is 22.4 Å². The molecule has 10 nitrogen and oxygen atoms in total. The number of hydrogen-bond donors (Lipinski definition) is 2. The van der Waals surface area contributed by atoms with E-state index in [-0.39, 0.29) is 24.1 Å². The van der Waals surface area contributed by atoms with Gasteiger partial charge in [0, 0.05) is 39.5 Å². The van der Waals surface area contributed by atoms with E-state index < -0.39 is 6.29 Å². The maximum Gasteiger partial charge on any atom is 0.260 e. The van der Waals surface area contributed by atoms with E-state index in [0.717, 1.165) is 11.3 Å². The van der Waals surface area contributed by atoms with Gasteiger partial charge < -0.3 is 20.9 Å². The molecule has 0 radical (unpaired) electrons. The van der Waals surface area contributed by atoms with Crippen LogP contribution >= 0.6 is 11.6 Å². The highest BCUT2D eigenvalue weighted by Crippen LogP contribution is 2.31.